The smallest absolute Gasteiger partial charge is 0.223 e. The number of hydrogen-bond donors (Lipinski definition) is 0. The highest BCUT2D eigenvalue weighted by Gasteiger charge is 2.26. The summed E-state index contributed by atoms with van der Waals surface area (Å²) in [6, 6.07) is 0. The Bertz CT molecular complexity index is 269. The number of rotatable bonds is 1. The number of aryl methyl sites for hydroxylation is 1. The maximum absolute atomic E-state index is 5.60. The van der Waals surface area contributed by atoms with Crippen LogP contribution in [-0.2, 0) is 4.74 Å². The summed E-state index contributed by atoms with van der Waals surface area (Å²) in [4.78, 5) is 4.14. The molecule has 2 atom stereocenters. The van der Waals surface area contributed by atoms with Crippen LogP contribution < -0.4 is 0 Å². The first-order valence-corrected chi connectivity index (χ1v) is 4.33. The lowest BCUT2D eigenvalue weighted by atomic mass is 10.2. The molecule has 1 aliphatic rings. The maximum Gasteiger partial charge on any atom is 0.223 e. The van der Waals surface area contributed by atoms with Crippen LogP contribution in [0, 0.1) is 6.92 Å². The van der Waals surface area contributed by atoms with E-state index in [4.69, 9.17) is 9.15 Å². The van der Waals surface area contributed by atoms with E-state index in [-0.39, 0.29) is 6.10 Å². The van der Waals surface area contributed by atoms with Gasteiger partial charge in [-0.1, -0.05) is 0 Å². The molecule has 0 amide bonds. The van der Waals surface area contributed by atoms with E-state index in [0.29, 0.717) is 6.10 Å². The number of oxazole rings is 1. The highest BCUT2D eigenvalue weighted by Crippen LogP contribution is 2.31. The zero-order chi connectivity index (χ0) is 8.55. The van der Waals surface area contributed by atoms with Gasteiger partial charge < -0.3 is 9.15 Å². The fourth-order valence-corrected chi connectivity index (χ4v) is 1.51. The van der Waals surface area contributed by atoms with Crippen molar-refractivity contribution in [1.29, 1.82) is 0 Å². The van der Waals surface area contributed by atoms with Gasteiger partial charge in [0.25, 0.3) is 0 Å². The van der Waals surface area contributed by atoms with Gasteiger partial charge in [0.2, 0.25) is 5.89 Å². The summed E-state index contributed by atoms with van der Waals surface area (Å²) in [6.07, 6.45) is 4.31. The molecule has 1 aromatic heterocycles. The molecule has 0 bridgehead atoms. The third kappa shape index (κ3) is 1.37. The Morgan fingerprint density at radius 3 is 2.83 bits per heavy atom. The Labute approximate surface area is 71.7 Å². The number of ether oxygens (including phenoxy) is 1. The van der Waals surface area contributed by atoms with Gasteiger partial charge in [-0.25, -0.2) is 4.98 Å². The lowest BCUT2D eigenvalue weighted by molar-refractivity contribution is 0.0386. The predicted octanol–water partition coefficient (Wildman–Crippen LogP) is 2.22. The van der Waals surface area contributed by atoms with E-state index >= 15 is 0 Å². The van der Waals surface area contributed by atoms with Gasteiger partial charge in [0.15, 0.2) is 0 Å². The summed E-state index contributed by atoms with van der Waals surface area (Å²) in [5.74, 6) is 1.59. The molecule has 1 aliphatic heterocycles. The standard InChI is InChI=1S/C9H13NO2/c1-6-3-4-8(11-6)9-10-5-7(2)12-9/h5-6,8H,3-4H2,1-2H3. The lowest BCUT2D eigenvalue weighted by Crippen LogP contribution is -2.00. The molecule has 1 fully saturated rings. The SMILES string of the molecule is Cc1cnc(C2CCC(C)O2)o1. The molecule has 0 spiro atoms. The lowest BCUT2D eigenvalue weighted by Gasteiger charge is -2.05. The van der Waals surface area contributed by atoms with Gasteiger partial charge in [0, 0.05) is 0 Å². The first-order chi connectivity index (χ1) is 5.75. The average molecular weight is 167 g/mol. The van der Waals surface area contributed by atoms with Gasteiger partial charge >= 0.3 is 0 Å². The molecule has 0 aromatic carbocycles. The van der Waals surface area contributed by atoms with Crippen molar-refractivity contribution in [3.8, 4) is 0 Å². The van der Waals surface area contributed by atoms with E-state index in [0.717, 1.165) is 24.5 Å². The van der Waals surface area contributed by atoms with Gasteiger partial charge in [0.05, 0.1) is 12.3 Å². The van der Waals surface area contributed by atoms with Crippen LogP contribution in [0.2, 0.25) is 0 Å². The molecule has 2 heterocycles. The molecule has 66 valence electrons. The fourth-order valence-electron chi connectivity index (χ4n) is 1.51. The molecule has 0 N–H and O–H groups in total. The van der Waals surface area contributed by atoms with Crippen molar-refractivity contribution < 1.29 is 9.15 Å². The highest BCUT2D eigenvalue weighted by molar-refractivity contribution is 4.95. The van der Waals surface area contributed by atoms with E-state index in [9.17, 15) is 0 Å². The summed E-state index contributed by atoms with van der Waals surface area (Å²) in [7, 11) is 0. The van der Waals surface area contributed by atoms with E-state index in [2.05, 4.69) is 11.9 Å². The van der Waals surface area contributed by atoms with Gasteiger partial charge in [-0.2, -0.15) is 0 Å². The van der Waals surface area contributed by atoms with Crippen LogP contribution >= 0.6 is 0 Å². The normalized spacial score (nSPS) is 29.5. The monoisotopic (exact) mass is 167 g/mol. The van der Waals surface area contributed by atoms with Crippen LogP contribution in [0.25, 0.3) is 0 Å². The Kier molecular flexibility index (Phi) is 1.89. The highest BCUT2D eigenvalue weighted by atomic mass is 16.5. The minimum absolute atomic E-state index is 0.0914. The zero-order valence-electron chi connectivity index (χ0n) is 7.41. The van der Waals surface area contributed by atoms with Crippen molar-refractivity contribution in [1.82, 2.24) is 4.98 Å². The molecule has 1 aromatic rings. The Morgan fingerprint density at radius 1 is 1.50 bits per heavy atom. The Hall–Kier alpha value is -0.830. The summed E-state index contributed by atoms with van der Waals surface area (Å²) >= 11 is 0. The van der Waals surface area contributed by atoms with Crippen molar-refractivity contribution in [3.63, 3.8) is 0 Å². The van der Waals surface area contributed by atoms with Crippen LogP contribution in [-0.4, -0.2) is 11.1 Å². The fraction of sp³-hybridized carbons (Fsp3) is 0.667. The van der Waals surface area contributed by atoms with Crippen molar-refractivity contribution in [2.45, 2.75) is 38.9 Å². The average Bonchev–Trinajstić information content (AvgIpc) is 2.58. The molecule has 0 radical (unpaired) electrons. The van der Waals surface area contributed by atoms with E-state index < -0.39 is 0 Å². The van der Waals surface area contributed by atoms with Gasteiger partial charge in [-0.3, -0.25) is 0 Å². The molecular formula is C9H13NO2. The summed E-state index contributed by atoms with van der Waals surface area (Å²) in [5.41, 5.74) is 0. The minimum Gasteiger partial charge on any atom is -0.443 e. The molecular weight excluding hydrogens is 154 g/mol. The van der Waals surface area contributed by atoms with Crippen LogP contribution in [0.1, 0.15) is 37.5 Å². The molecule has 0 saturated carbocycles. The first kappa shape index (κ1) is 7.80. The topological polar surface area (TPSA) is 35.3 Å². The second kappa shape index (κ2) is 2.90. The van der Waals surface area contributed by atoms with E-state index in [1.165, 1.54) is 0 Å². The van der Waals surface area contributed by atoms with Crippen molar-refractivity contribution in [2.75, 3.05) is 0 Å². The second-order valence-corrected chi connectivity index (χ2v) is 3.32. The summed E-state index contributed by atoms with van der Waals surface area (Å²) < 4.78 is 11.0. The summed E-state index contributed by atoms with van der Waals surface area (Å²) in [6.45, 7) is 3.98. The van der Waals surface area contributed by atoms with E-state index in [1.807, 2.05) is 6.92 Å². The third-order valence-corrected chi connectivity index (χ3v) is 2.15. The number of hydrogen-bond acceptors (Lipinski definition) is 3. The quantitative estimate of drug-likeness (QED) is 0.643. The van der Waals surface area contributed by atoms with Crippen LogP contribution in [0.15, 0.2) is 10.6 Å². The summed E-state index contributed by atoms with van der Waals surface area (Å²) in [5, 5.41) is 0. The first-order valence-electron chi connectivity index (χ1n) is 4.33. The number of nitrogens with zero attached hydrogens (tertiary/aromatic N) is 1. The predicted molar refractivity (Wildman–Crippen MR) is 43.8 cm³/mol. The van der Waals surface area contributed by atoms with Gasteiger partial charge in [-0.15, -0.1) is 0 Å². The van der Waals surface area contributed by atoms with Crippen molar-refractivity contribution >= 4 is 0 Å². The van der Waals surface area contributed by atoms with Gasteiger partial charge in [0.1, 0.15) is 11.9 Å². The van der Waals surface area contributed by atoms with Crippen molar-refractivity contribution in [2.24, 2.45) is 0 Å². The Balaban J connectivity index is 2.11. The van der Waals surface area contributed by atoms with Crippen LogP contribution in [0.4, 0.5) is 0 Å². The second-order valence-electron chi connectivity index (χ2n) is 3.32. The van der Waals surface area contributed by atoms with Crippen LogP contribution in [0.3, 0.4) is 0 Å². The molecule has 1 saturated heterocycles. The van der Waals surface area contributed by atoms with Crippen LogP contribution in [0.5, 0.6) is 0 Å². The minimum atomic E-state index is 0.0914. The van der Waals surface area contributed by atoms with Gasteiger partial charge in [-0.05, 0) is 26.7 Å². The maximum atomic E-state index is 5.60. The molecule has 2 rings (SSSR count). The van der Waals surface area contributed by atoms with Crippen molar-refractivity contribution in [3.05, 3.63) is 17.8 Å². The Morgan fingerprint density at radius 2 is 2.33 bits per heavy atom. The molecule has 2 unspecified atom stereocenters. The largest absolute Gasteiger partial charge is 0.443 e. The van der Waals surface area contributed by atoms with E-state index in [1.54, 1.807) is 6.20 Å². The molecule has 0 aliphatic carbocycles. The zero-order valence-corrected chi connectivity index (χ0v) is 7.41. The third-order valence-electron chi connectivity index (χ3n) is 2.15. The number of aromatic nitrogens is 1. The molecule has 12 heavy (non-hydrogen) atoms. The molecule has 3 nitrogen and oxygen atoms in total. The molecule has 3 heteroatoms.